The highest BCUT2D eigenvalue weighted by Crippen LogP contribution is 2.29. The third-order valence-electron chi connectivity index (χ3n) is 1.48. The van der Waals surface area contributed by atoms with E-state index in [1.165, 1.54) is 0 Å². The fourth-order valence-corrected chi connectivity index (χ4v) is 0.462. The molecule has 0 aromatic rings. The van der Waals surface area contributed by atoms with Crippen LogP contribution in [0.4, 0.5) is 0 Å². The van der Waals surface area contributed by atoms with Gasteiger partial charge in [-0.25, -0.2) is 0 Å². The minimum absolute atomic E-state index is 0.333. The molecule has 1 rings (SSSR count). The molecule has 0 unspecified atom stereocenters. The molecule has 0 radical (unpaired) electrons. The summed E-state index contributed by atoms with van der Waals surface area (Å²) in [6.45, 7) is 6.44. The van der Waals surface area contributed by atoms with Gasteiger partial charge in [0.2, 0.25) is 11.7 Å². The van der Waals surface area contributed by atoms with Crippen LogP contribution in [0.15, 0.2) is 0 Å². The van der Waals surface area contributed by atoms with Gasteiger partial charge in [0.1, 0.15) is 0 Å². The van der Waals surface area contributed by atoms with Crippen molar-refractivity contribution in [3.8, 4) is 0 Å². The van der Waals surface area contributed by atoms with Crippen molar-refractivity contribution in [1.82, 2.24) is 0 Å². The monoisotopic (exact) mass is 87.1 g/mol. The van der Waals surface area contributed by atoms with E-state index >= 15 is 0 Å². The molecule has 1 N–H and O–H groups in total. The van der Waals surface area contributed by atoms with Crippen LogP contribution in [0.25, 0.3) is 0 Å². The highest BCUT2D eigenvalue weighted by atomic mass is 16.6. The van der Waals surface area contributed by atoms with Gasteiger partial charge in [-0.05, 0) is 0 Å². The van der Waals surface area contributed by atoms with Gasteiger partial charge in [0, 0.05) is 20.8 Å². The lowest BCUT2D eigenvalue weighted by molar-refractivity contribution is 0.138. The van der Waals surface area contributed by atoms with Crippen molar-refractivity contribution < 1.29 is 4.74 Å². The van der Waals surface area contributed by atoms with Crippen LogP contribution >= 0.6 is 0 Å². The second-order valence-electron chi connectivity index (χ2n) is 2.46. The lowest BCUT2D eigenvalue weighted by atomic mass is 10.2. The van der Waals surface area contributed by atoms with Crippen molar-refractivity contribution in [3.05, 3.63) is 0 Å². The van der Waals surface area contributed by atoms with E-state index in [0.717, 1.165) is 0 Å². The van der Waals surface area contributed by atoms with Crippen LogP contribution in [0.2, 0.25) is 0 Å². The average Bonchev–Trinajstić information content (AvgIpc) is 1.73. The quantitative estimate of drug-likeness (QED) is 0.304. The van der Waals surface area contributed by atoms with E-state index in [4.69, 9.17) is 0 Å². The van der Waals surface area contributed by atoms with Gasteiger partial charge in [0.15, 0.2) is 0 Å². The third-order valence-corrected chi connectivity index (χ3v) is 1.48. The Bertz CT molecular complexity index is 66.3. The topological polar surface area (TPSA) is 12.8 Å². The number of hydrogen-bond acceptors (Lipinski definition) is 0. The van der Waals surface area contributed by atoms with Gasteiger partial charge < -0.3 is 4.74 Å². The standard InChI is InChI=1S/C5H10O/c1-4-5(2,3)6-4/h4H,1-3H3/p+1/t4-/m0/s1. The smallest absolute Gasteiger partial charge is 0.231 e. The molecule has 1 fully saturated rings. The second kappa shape index (κ2) is 0.784. The number of ether oxygens (including phenoxy) is 1. The van der Waals surface area contributed by atoms with Crippen molar-refractivity contribution in [2.24, 2.45) is 0 Å². The number of hydrogen-bond donors (Lipinski definition) is 0. The zero-order valence-electron chi connectivity index (χ0n) is 4.52. The van der Waals surface area contributed by atoms with Crippen LogP contribution in [-0.4, -0.2) is 16.4 Å². The molecule has 1 heterocycles. The molecule has 0 aromatic carbocycles. The fourth-order valence-electron chi connectivity index (χ4n) is 0.462. The first-order chi connectivity index (χ1) is 2.63. The SMILES string of the molecule is C[C@@H]1[OH+]C1(C)C. The van der Waals surface area contributed by atoms with E-state index in [9.17, 15) is 0 Å². The van der Waals surface area contributed by atoms with Gasteiger partial charge in [0.25, 0.3) is 0 Å². The van der Waals surface area contributed by atoms with Crippen LogP contribution in [-0.2, 0) is 0 Å². The fraction of sp³-hybridized carbons (Fsp3) is 1.00. The van der Waals surface area contributed by atoms with E-state index in [1.807, 2.05) is 0 Å². The summed E-state index contributed by atoms with van der Waals surface area (Å²) in [5, 5.41) is 0. The number of rotatable bonds is 0. The molecule has 0 aromatic heterocycles. The molecule has 1 atom stereocenters. The summed E-state index contributed by atoms with van der Waals surface area (Å²) >= 11 is 0. The maximum atomic E-state index is 4.19. The molecule has 0 aliphatic carbocycles. The first kappa shape index (κ1) is 4.13. The summed E-state index contributed by atoms with van der Waals surface area (Å²) < 4.78 is 4.19. The Kier molecular flexibility index (Phi) is 0.539. The van der Waals surface area contributed by atoms with E-state index < -0.39 is 0 Å². The summed E-state index contributed by atoms with van der Waals surface area (Å²) in [5.41, 5.74) is 0.333. The second-order valence-corrected chi connectivity index (χ2v) is 2.46. The van der Waals surface area contributed by atoms with Gasteiger partial charge in [0.05, 0.1) is 0 Å². The Morgan fingerprint density at radius 3 is 1.67 bits per heavy atom. The Hall–Kier alpha value is -0.0400. The highest BCUT2D eigenvalue weighted by Gasteiger charge is 2.52. The summed E-state index contributed by atoms with van der Waals surface area (Å²) in [7, 11) is 0. The average molecular weight is 87.1 g/mol. The summed E-state index contributed by atoms with van der Waals surface area (Å²) in [6, 6.07) is 0. The van der Waals surface area contributed by atoms with Crippen LogP contribution < -0.4 is 0 Å². The van der Waals surface area contributed by atoms with Crippen molar-refractivity contribution in [1.29, 1.82) is 0 Å². The largest absolute Gasteiger partial charge is 0.416 e. The van der Waals surface area contributed by atoms with Crippen molar-refractivity contribution in [2.45, 2.75) is 32.5 Å². The molecule has 1 nitrogen and oxygen atoms in total. The van der Waals surface area contributed by atoms with Gasteiger partial charge in [-0.2, -0.15) is 0 Å². The normalized spacial score (nSPS) is 39.5. The molecule has 0 bridgehead atoms. The molecule has 0 amide bonds. The van der Waals surface area contributed by atoms with E-state index in [0.29, 0.717) is 11.7 Å². The lowest BCUT2D eigenvalue weighted by Crippen LogP contribution is -1.97. The minimum atomic E-state index is 0.333. The van der Waals surface area contributed by atoms with Crippen LogP contribution in [0, 0.1) is 0 Å². The number of aliphatic hydroxyl groups is 2. The van der Waals surface area contributed by atoms with Gasteiger partial charge in [-0.3, -0.25) is 0 Å². The predicted molar refractivity (Wildman–Crippen MR) is 25.8 cm³/mol. The predicted octanol–water partition coefficient (Wildman–Crippen LogP) is 0.695. The Labute approximate surface area is 38.3 Å². The summed E-state index contributed by atoms with van der Waals surface area (Å²) in [6.07, 6.45) is 0.623. The Morgan fingerprint density at radius 1 is 1.50 bits per heavy atom. The third kappa shape index (κ3) is 0.432. The molecule has 1 aliphatic heterocycles. The van der Waals surface area contributed by atoms with Gasteiger partial charge in [-0.1, -0.05) is 0 Å². The zero-order valence-corrected chi connectivity index (χ0v) is 4.52. The zero-order chi connectivity index (χ0) is 4.78. The van der Waals surface area contributed by atoms with Crippen LogP contribution in [0.5, 0.6) is 0 Å². The molecule has 1 heteroatoms. The molecule has 1 saturated heterocycles. The van der Waals surface area contributed by atoms with Crippen molar-refractivity contribution >= 4 is 0 Å². The molecule has 0 spiro atoms. The maximum Gasteiger partial charge on any atom is 0.231 e. The van der Waals surface area contributed by atoms with Crippen molar-refractivity contribution in [2.75, 3.05) is 0 Å². The first-order valence-corrected chi connectivity index (χ1v) is 2.35. The summed E-state index contributed by atoms with van der Waals surface area (Å²) in [5.74, 6) is 0. The Morgan fingerprint density at radius 2 is 1.67 bits per heavy atom. The molecule has 36 valence electrons. The van der Waals surface area contributed by atoms with Crippen molar-refractivity contribution in [3.63, 3.8) is 0 Å². The molecular weight excluding hydrogens is 76.1 g/mol. The van der Waals surface area contributed by atoms with Crippen LogP contribution in [0.1, 0.15) is 20.8 Å². The molecular formula is C5H11O+. The van der Waals surface area contributed by atoms with E-state index in [-0.39, 0.29) is 0 Å². The molecule has 1 aliphatic rings. The van der Waals surface area contributed by atoms with E-state index in [1.54, 1.807) is 0 Å². The summed E-state index contributed by atoms with van der Waals surface area (Å²) in [4.78, 5) is 0. The maximum absolute atomic E-state index is 4.19. The molecule has 0 saturated carbocycles. The number of epoxide rings is 1. The van der Waals surface area contributed by atoms with Crippen LogP contribution in [0.3, 0.4) is 0 Å². The first-order valence-electron chi connectivity index (χ1n) is 2.35. The minimum Gasteiger partial charge on any atom is -0.416 e. The highest BCUT2D eigenvalue weighted by molar-refractivity contribution is 4.88. The Balaban J connectivity index is 2.41. The lowest BCUT2D eigenvalue weighted by Gasteiger charge is -1.75. The molecule has 6 heavy (non-hydrogen) atoms. The van der Waals surface area contributed by atoms with Gasteiger partial charge >= 0.3 is 0 Å². The van der Waals surface area contributed by atoms with Gasteiger partial charge in [-0.15, -0.1) is 0 Å². The van der Waals surface area contributed by atoms with E-state index in [2.05, 4.69) is 25.5 Å².